The lowest BCUT2D eigenvalue weighted by Gasteiger charge is -2.30. The van der Waals surface area contributed by atoms with Crippen molar-refractivity contribution in [2.24, 2.45) is 0 Å². The van der Waals surface area contributed by atoms with Crippen LogP contribution >= 0.6 is 11.3 Å². The van der Waals surface area contributed by atoms with E-state index in [2.05, 4.69) is 27.3 Å². The van der Waals surface area contributed by atoms with E-state index in [-0.39, 0.29) is 5.91 Å². The number of hydrogen-bond donors (Lipinski definition) is 1. The predicted molar refractivity (Wildman–Crippen MR) is 114 cm³/mol. The van der Waals surface area contributed by atoms with Crippen molar-refractivity contribution < 1.29 is 9.53 Å². The van der Waals surface area contributed by atoms with Crippen LogP contribution in [0.2, 0.25) is 0 Å². The lowest BCUT2D eigenvalue weighted by Crippen LogP contribution is -2.36. The molecule has 1 fully saturated rings. The lowest BCUT2D eigenvalue weighted by molar-refractivity contribution is -0.116. The number of ether oxygens (including phenoxy) is 1. The molecule has 0 atom stereocenters. The third kappa shape index (κ3) is 4.58. The van der Waals surface area contributed by atoms with Gasteiger partial charge in [0.25, 0.3) is 0 Å². The van der Waals surface area contributed by atoms with Crippen LogP contribution in [-0.4, -0.2) is 37.2 Å². The number of rotatable bonds is 6. The maximum absolute atomic E-state index is 12.5. The van der Waals surface area contributed by atoms with Crippen LogP contribution in [-0.2, 0) is 16.0 Å². The molecule has 3 aromatic rings. The maximum atomic E-state index is 12.5. The quantitative estimate of drug-likeness (QED) is 0.681. The largest absolute Gasteiger partial charge is 0.378 e. The molecule has 0 spiro atoms. The van der Waals surface area contributed by atoms with Gasteiger partial charge in [-0.3, -0.25) is 4.79 Å². The standard InChI is InChI=1S/C22H23N3O2S/c26-21(11-10-18-16-28-22(23-18)17-6-2-1-3-7-17)24-19-8-4-5-9-20(19)25-12-14-27-15-13-25/h1-9,16H,10-15H2,(H,24,26). The van der Waals surface area contributed by atoms with Gasteiger partial charge in [-0.1, -0.05) is 42.5 Å². The van der Waals surface area contributed by atoms with Gasteiger partial charge in [0.2, 0.25) is 5.91 Å². The molecule has 1 aliphatic heterocycles. The van der Waals surface area contributed by atoms with Crippen LogP contribution in [0.1, 0.15) is 12.1 Å². The molecule has 1 saturated heterocycles. The summed E-state index contributed by atoms with van der Waals surface area (Å²) in [4.78, 5) is 19.4. The second kappa shape index (κ2) is 8.99. The molecule has 4 rings (SSSR count). The van der Waals surface area contributed by atoms with Crippen LogP contribution < -0.4 is 10.2 Å². The molecule has 0 aliphatic carbocycles. The molecule has 1 aliphatic rings. The third-order valence-corrected chi connectivity index (χ3v) is 5.65. The first kappa shape index (κ1) is 18.7. The van der Waals surface area contributed by atoms with Gasteiger partial charge in [-0.15, -0.1) is 11.3 Å². The van der Waals surface area contributed by atoms with Crippen LogP contribution in [0.5, 0.6) is 0 Å². The Bertz CT molecular complexity index is 920. The number of anilines is 2. The van der Waals surface area contributed by atoms with E-state index < -0.39 is 0 Å². The minimum atomic E-state index is 0.00923. The number of carbonyl (C=O) groups excluding carboxylic acids is 1. The fraction of sp³-hybridized carbons (Fsp3) is 0.273. The zero-order valence-corrected chi connectivity index (χ0v) is 16.5. The Morgan fingerprint density at radius 3 is 2.64 bits per heavy atom. The van der Waals surface area contributed by atoms with Crippen LogP contribution in [0.15, 0.2) is 60.0 Å². The van der Waals surface area contributed by atoms with Crippen molar-refractivity contribution in [1.29, 1.82) is 0 Å². The molecular formula is C22H23N3O2S. The summed E-state index contributed by atoms with van der Waals surface area (Å²) in [6.45, 7) is 3.12. The van der Waals surface area contributed by atoms with E-state index in [1.807, 2.05) is 47.8 Å². The number of para-hydroxylation sites is 2. The van der Waals surface area contributed by atoms with Crippen molar-refractivity contribution in [3.8, 4) is 10.6 Å². The molecule has 2 heterocycles. The molecule has 1 amide bonds. The van der Waals surface area contributed by atoms with E-state index >= 15 is 0 Å². The summed E-state index contributed by atoms with van der Waals surface area (Å²) < 4.78 is 5.43. The predicted octanol–water partition coefficient (Wildman–Crippen LogP) is 4.22. The highest BCUT2D eigenvalue weighted by molar-refractivity contribution is 7.13. The molecule has 2 aromatic carbocycles. The highest BCUT2D eigenvalue weighted by Gasteiger charge is 2.16. The Balaban J connectivity index is 1.36. The minimum absolute atomic E-state index is 0.00923. The van der Waals surface area contributed by atoms with E-state index in [9.17, 15) is 4.79 Å². The monoisotopic (exact) mass is 393 g/mol. The Labute approximate surface area is 169 Å². The summed E-state index contributed by atoms with van der Waals surface area (Å²) in [6, 6.07) is 18.1. The first-order valence-corrected chi connectivity index (χ1v) is 10.4. The van der Waals surface area contributed by atoms with Crippen molar-refractivity contribution >= 4 is 28.6 Å². The van der Waals surface area contributed by atoms with Crippen molar-refractivity contribution in [2.75, 3.05) is 36.5 Å². The molecule has 5 nitrogen and oxygen atoms in total. The van der Waals surface area contributed by atoms with Crippen LogP contribution in [0.25, 0.3) is 10.6 Å². The minimum Gasteiger partial charge on any atom is -0.378 e. The highest BCUT2D eigenvalue weighted by atomic mass is 32.1. The highest BCUT2D eigenvalue weighted by Crippen LogP contribution is 2.27. The van der Waals surface area contributed by atoms with E-state index in [4.69, 9.17) is 4.74 Å². The smallest absolute Gasteiger partial charge is 0.224 e. The number of nitrogens with one attached hydrogen (secondary N) is 1. The first-order chi connectivity index (χ1) is 13.8. The topological polar surface area (TPSA) is 54.5 Å². The van der Waals surface area contributed by atoms with Gasteiger partial charge in [-0.05, 0) is 18.6 Å². The van der Waals surface area contributed by atoms with Gasteiger partial charge < -0.3 is 15.0 Å². The zero-order chi connectivity index (χ0) is 19.2. The second-order valence-electron chi connectivity index (χ2n) is 6.67. The molecule has 6 heteroatoms. The molecule has 1 N–H and O–H groups in total. The molecular weight excluding hydrogens is 370 g/mol. The van der Waals surface area contributed by atoms with Gasteiger partial charge in [-0.2, -0.15) is 0 Å². The molecule has 0 saturated carbocycles. The summed E-state index contributed by atoms with van der Waals surface area (Å²) in [5.74, 6) is 0.00923. The molecule has 144 valence electrons. The maximum Gasteiger partial charge on any atom is 0.224 e. The fourth-order valence-corrected chi connectivity index (χ4v) is 4.11. The van der Waals surface area contributed by atoms with Gasteiger partial charge in [0.1, 0.15) is 5.01 Å². The van der Waals surface area contributed by atoms with Gasteiger partial charge >= 0.3 is 0 Å². The number of aryl methyl sites for hydroxylation is 1. The summed E-state index contributed by atoms with van der Waals surface area (Å²) in [6.07, 6.45) is 1.05. The zero-order valence-electron chi connectivity index (χ0n) is 15.6. The van der Waals surface area contributed by atoms with Crippen molar-refractivity contribution in [3.63, 3.8) is 0 Å². The van der Waals surface area contributed by atoms with Crippen molar-refractivity contribution in [3.05, 3.63) is 65.7 Å². The van der Waals surface area contributed by atoms with Crippen molar-refractivity contribution in [1.82, 2.24) is 4.98 Å². The molecule has 0 bridgehead atoms. The number of amides is 1. The van der Waals surface area contributed by atoms with E-state index in [0.717, 1.165) is 53.9 Å². The first-order valence-electron chi connectivity index (χ1n) is 9.51. The summed E-state index contributed by atoms with van der Waals surface area (Å²) in [5.41, 5.74) is 3.99. The van der Waals surface area contributed by atoms with Crippen LogP contribution in [0.3, 0.4) is 0 Å². The number of aromatic nitrogens is 1. The Hall–Kier alpha value is -2.70. The van der Waals surface area contributed by atoms with Gasteiger partial charge in [0.05, 0.1) is 30.3 Å². The second-order valence-corrected chi connectivity index (χ2v) is 7.53. The Morgan fingerprint density at radius 2 is 1.82 bits per heavy atom. The van der Waals surface area contributed by atoms with E-state index in [0.29, 0.717) is 12.8 Å². The average Bonchev–Trinajstić information content (AvgIpc) is 3.23. The summed E-state index contributed by atoms with van der Waals surface area (Å²) >= 11 is 1.62. The number of thiazole rings is 1. The van der Waals surface area contributed by atoms with Crippen molar-refractivity contribution in [2.45, 2.75) is 12.8 Å². The van der Waals surface area contributed by atoms with E-state index in [1.165, 1.54) is 0 Å². The Morgan fingerprint density at radius 1 is 1.07 bits per heavy atom. The summed E-state index contributed by atoms with van der Waals surface area (Å²) in [7, 11) is 0. The molecule has 28 heavy (non-hydrogen) atoms. The lowest BCUT2D eigenvalue weighted by atomic mass is 10.2. The molecule has 0 unspecified atom stereocenters. The Kier molecular flexibility index (Phi) is 5.99. The number of benzene rings is 2. The van der Waals surface area contributed by atoms with Gasteiger partial charge in [-0.25, -0.2) is 4.98 Å². The van der Waals surface area contributed by atoms with Crippen LogP contribution in [0.4, 0.5) is 11.4 Å². The normalized spacial score (nSPS) is 14.1. The average molecular weight is 394 g/mol. The number of nitrogens with zero attached hydrogens (tertiary/aromatic N) is 2. The van der Waals surface area contributed by atoms with Crippen LogP contribution in [0, 0.1) is 0 Å². The molecule has 0 radical (unpaired) electrons. The van der Waals surface area contributed by atoms with Gasteiger partial charge in [0.15, 0.2) is 0 Å². The summed E-state index contributed by atoms with van der Waals surface area (Å²) in [5, 5.41) is 6.10. The molecule has 1 aromatic heterocycles. The SMILES string of the molecule is O=C(CCc1csc(-c2ccccc2)n1)Nc1ccccc1N1CCOCC1. The van der Waals surface area contributed by atoms with Gasteiger partial charge in [0, 0.05) is 30.5 Å². The fourth-order valence-electron chi connectivity index (χ4n) is 3.25. The number of hydrogen-bond acceptors (Lipinski definition) is 5. The number of morpholine rings is 1. The third-order valence-electron chi connectivity index (χ3n) is 4.71. The van der Waals surface area contributed by atoms with E-state index in [1.54, 1.807) is 11.3 Å². The number of carbonyl (C=O) groups is 1.